The van der Waals surface area contributed by atoms with Gasteiger partial charge in [0.1, 0.15) is 0 Å². The minimum atomic E-state index is 0.507. The quantitative estimate of drug-likeness (QED) is 0.793. The Bertz CT molecular complexity index is 240. The number of nitrogens with one attached hydrogen (secondary N) is 1. The largest absolute Gasteiger partial charge is 0.381 e. The third-order valence-corrected chi connectivity index (χ3v) is 4.56. The van der Waals surface area contributed by atoms with Gasteiger partial charge in [-0.15, -0.1) is 0 Å². The summed E-state index contributed by atoms with van der Waals surface area (Å²) in [5, 5.41) is 3.80. The van der Waals surface area contributed by atoms with Gasteiger partial charge in [0.2, 0.25) is 0 Å². The molecule has 16 heavy (non-hydrogen) atoms. The summed E-state index contributed by atoms with van der Waals surface area (Å²) in [5.41, 5.74) is 0. The molecule has 2 bridgehead atoms. The molecule has 3 heterocycles. The summed E-state index contributed by atoms with van der Waals surface area (Å²) in [6.07, 6.45) is 7.29. The number of hydrogen-bond acceptors (Lipinski definition) is 3. The fourth-order valence-electron chi connectivity index (χ4n) is 3.50. The van der Waals surface area contributed by atoms with Crippen molar-refractivity contribution in [3.05, 3.63) is 0 Å². The molecule has 0 radical (unpaired) electrons. The molecule has 0 aromatic heterocycles. The van der Waals surface area contributed by atoms with Crippen LogP contribution < -0.4 is 5.32 Å². The summed E-state index contributed by atoms with van der Waals surface area (Å²) in [4.78, 5) is 0. The molecule has 0 aliphatic carbocycles. The van der Waals surface area contributed by atoms with Crippen LogP contribution in [-0.4, -0.2) is 37.5 Å². The normalized spacial score (nSPS) is 41.4. The molecule has 0 aromatic rings. The monoisotopic (exact) mass is 225 g/mol. The summed E-state index contributed by atoms with van der Waals surface area (Å²) in [7, 11) is 0. The lowest BCUT2D eigenvalue weighted by Gasteiger charge is -2.32. The Kier molecular flexibility index (Phi) is 3.18. The van der Waals surface area contributed by atoms with E-state index in [-0.39, 0.29) is 0 Å². The highest BCUT2D eigenvalue weighted by Gasteiger charge is 2.41. The first-order chi connectivity index (χ1) is 7.83. The molecule has 3 aliphatic rings. The first-order valence-electron chi connectivity index (χ1n) is 6.82. The summed E-state index contributed by atoms with van der Waals surface area (Å²) < 4.78 is 11.3. The predicted octanol–water partition coefficient (Wildman–Crippen LogP) is 1.71. The molecule has 4 unspecified atom stereocenters. The number of ether oxygens (including phenoxy) is 2. The van der Waals surface area contributed by atoms with Crippen LogP contribution in [0.1, 0.15) is 39.0 Å². The molecule has 0 amide bonds. The van der Waals surface area contributed by atoms with Crippen molar-refractivity contribution in [1.82, 2.24) is 5.32 Å². The van der Waals surface area contributed by atoms with Crippen LogP contribution in [-0.2, 0) is 9.47 Å². The van der Waals surface area contributed by atoms with Gasteiger partial charge in [-0.25, -0.2) is 0 Å². The third kappa shape index (κ3) is 2.13. The summed E-state index contributed by atoms with van der Waals surface area (Å²) in [6, 6.07) is 1.24. The maximum Gasteiger partial charge on any atom is 0.0733 e. The van der Waals surface area contributed by atoms with Gasteiger partial charge >= 0.3 is 0 Å². The van der Waals surface area contributed by atoms with Crippen LogP contribution in [0.15, 0.2) is 0 Å². The van der Waals surface area contributed by atoms with Crippen LogP contribution in [0.2, 0.25) is 0 Å². The van der Waals surface area contributed by atoms with Crippen molar-refractivity contribution in [2.45, 2.75) is 63.3 Å². The predicted molar refractivity (Wildman–Crippen MR) is 62.4 cm³/mol. The van der Waals surface area contributed by atoms with Crippen molar-refractivity contribution in [1.29, 1.82) is 0 Å². The minimum Gasteiger partial charge on any atom is -0.381 e. The third-order valence-electron chi connectivity index (χ3n) is 4.56. The van der Waals surface area contributed by atoms with E-state index in [0.29, 0.717) is 24.3 Å². The van der Waals surface area contributed by atoms with Crippen molar-refractivity contribution < 1.29 is 9.47 Å². The SMILES string of the molecule is CC(NC1CC2CCC1O2)C1CCOCC1. The van der Waals surface area contributed by atoms with E-state index in [2.05, 4.69) is 12.2 Å². The van der Waals surface area contributed by atoms with Crippen LogP contribution in [0, 0.1) is 5.92 Å². The van der Waals surface area contributed by atoms with Crippen molar-refractivity contribution >= 4 is 0 Å². The molecule has 3 heteroatoms. The smallest absolute Gasteiger partial charge is 0.0733 e. The van der Waals surface area contributed by atoms with E-state index in [4.69, 9.17) is 9.47 Å². The van der Waals surface area contributed by atoms with E-state index < -0.39 is 0 Å². The van der Waals surface area contributed by atoms with Crippen molar-refractivity contribution in [2.75, 3.05) is 13.2 Å². The van der Waals surface area contributed by atoms with E-state index in [9.17, 15) is 0 Å². The van der Waals surface area contributed by atoms with Gasteiger partial charge in [-0.1, -0.05) is 0 Å². The first-order valence-corrected chi connectivity index (χ1v) is 6.82. The molecule has 92 valence electrons. The van der Waals surface area contributed by atoms with Crippen molar-refractivity contribution in [2.24, 2.45) is 5.92 Å². The fourth-order valence-corrected chi connectivity index (χ4v) is 3.50. The van der Waals surface area contributed by atoms with Crippen LogP contribution in [0.3, 0.4) is 0 Å². The Labute approximate surface area is 97.9 Å². The van der Waals surface area contributed by atoms with Gasteiger partial charge in [-0.3, -0.25) is 0 Å². The van der Waals surface area contributed by atoms with Gasteiger partial charge in [-0.05, 0) is 44.9 Å². The average Bonchev–Trinajstić information content (AvgIpc) is 2.92. The lowest BCUT2D eigenvalue weighted by atomic mass is 9.89. The van der Waals surface area contributed by atoms with Crippen LogP contribution in [0.4, 0.5) is 0 Å². The zero-order valence-electron chi connectivity index (χ0n) is 10.2. The van der Waals surface area contributed by atoms with Crippen molar-refractivity contribution in [3.8, 4) is 0 Å². The standard InChI is InChI=1S/C13H23NO2/c1-9(10-4-6-15-7-5-10)14-12-8-11-2-3-13(12)16-11/h9-14H,2-8H2,1H3. The number of rotatable bonds is 3. The Morgan fingerprint density at radius 1 is 1.12 bits per heavy atom. The second-order valence-electron chi connectivity index (χ2n) is 5.62. The molecule has 0 spiro atoms. The van der Waals surface area contributed by atoms with Gasteiger partial charge in [-0.2, -0.15) is 0 Å². The zero-order chi connectivity index (χ0) is 11.0. The summed E-state index contributed by atoms with van der Waals surface area (Å²) >= 11 is 0. The molecule has 3 aliphatic heterocycles. The van der Waals surface area contributed by atoms with Crippen LogP contribution >= 0.6 is 0 Å². The molecule has 0 saturated carbocycles. The van der Waals surface area contributed by atoms with E-state index in [0.717, 1.165) is 19.1 Å². The van der Waals surface area contributed by atoms with Crippen molar-refractivity contribution in [3.63, 3.8) is 0 Å². The molecule has 3 fully saturated rings. The van der Waals surface area contributed by atoms with Gasteiger partial charge in [0, 0.05) is 25.3 Å². The molecule has 1 N–H and O–H groups in total. The lowest BCUT2D eigenvalue weighted by molar-refractivity contribution is 0.0512. The lowest BCUT2D eigenvalue weighted by Crippen LogP contribution is -2.46. The summed E-state index contributed by atoms with van der Waals surface area (Å²) in [6.45, 7) is 4.23. The molecule has 3 saturated heterocycles. The van der Waals surface area contributed by atoms with Gasteiger partial charge in [0.15, 0.2) is 0 Å². The Morgan fingerprint density at radius 3 is 2.56 bits per heavy atom. The molecular weight excluding hydrogens is 202 g/mol. The van der Waals surface area contributed by atoms with E-state index in [1.54, 1.807) is 0 Å². The zero-order valence-corrected chi connectivity index (χ0v) is 10.2. The maximum absolute atomic E-state index is 5.89. The molecule has 4 atom stereocenters. The van der Waals surface area contributed by atoms with Crippen LogP contribution in [0.5, 0.6) is 0 Å². The highest BCUT2D eigenvalue weighted by molar-refractivity contribution is 4.95. The van der Waals surface area contributed by atoms with E-state index >= 15 is 0 Å². The molecule has 3 rings (SSSR count). The highest BCUT2D eigenvalue weighted by Crippen LogP contribution is 2.35. The maximum atomic E-state index is 5.89. The topological polar surface area (TPSA) is 30.5 Å². The molecular formula is C13H23NO2. The second-order valence-corrected chi connectivity index (χ2v) is 5.62. The van der Waals surface area contributed by atoms with E-state index in [1.807, 2.05) is 0 Å². The summed E-state index contributed by atoms with van der Waals surface area (Å²) in [5.74, 6) is 0.799. The van der Waals surface area contributed by atoms with Crippen LogP contribution in [0.25, 0.3) is 0 Å². The fraction of sp³-hybridized carbons (Fsp3) is 1.00. The Hall–Kier alpha value is -0.120. The Morgan fingerprint density at radius 2 is 1.94 bits per heavy atom. The highest BCUT2D eigenvalue weighted by atomic mass is 16.5. The number of hydrogen-bond donors (Lipinski definition) is 1. The van der Waals surface area contributed by atoms with Gasteiger partial charge in [0.05, 0.1) is 12.2 Å². The van der Waals surface area contributed by atoms with E-state index in [1.165, 1.54) is 32.1 Å². The molecule has 3 nitrogen and oxygen atoms in total. The average molecular weight is 225 g/mol. The number of fused-ring (bicyclic) bond motifs is 2. The van der Waals surface area contributed by atoms with Gasteiger partial charge in [0.25, 0.3) is 0 Å². The minimum absolute atomic E-state index is 0.507. The van der Waals surface area contributed by atoms with Gasteiger partial charge < -0.3 is 14.8 Å². The Balaban J connectivity index is 1.50. The first kappa shape index (κ1) is 11.0. The molecule has 0 aromatic carbocycles. The second kappa shape index (κ2) is 4.63.